The second-order valence-electron chi connectivity index (χ2n) is 4.30. The Morgan fingerprint density at radius 2 is 2.29 bits per heavy atom. The Bertz CT molecular complexity index is 361. The molecule has 94 valence electrons. The van der Waals surface area contributed by atoms with E-state index in [9.17, 15) is 0 Å². The smallest absolute Gasteiger partial charge is 0.147 e. The Labute approximate surface area is 106 Å². The minimum absolute atomic E-state index is 0.0396. The summed E-state index contributed by atoms with van der Waals surface area (Å²) < 4.78 is 0. The third-order valence-corrected chi connectivity index (χ3v) is 4.30. The first-order chi connectivity index (χ1) is 8.33. The van der Waals surface area contributed by atoms with Gasteiger partial charge in [0.05, 0.1) is 24.7 Å². The van der Waals surface area contributed by atoms with E-state index in [0.717, 1.165) is 24.2 Å². The van der Waals surface area contributed by atoms with Crippen molar-refractivity contribution in [2.45, 2.75) is 31.1 Å². The van der Waals surface area contributed by atoms with Gasteiger partial charge in [0.25, 0.3) is 0 Å². The highest BCUT2D eigenvalue weighted by Crippen LogP contribution is 2.23. The number of aromatic nitrogens is 2. The van der Waals surface area contributed by atoms with Crippen molar-refractivity contribution in [3.63, 3.8) is 0 Å². The Kier molecular flexibility index (Phi) is 4.62. The number of hydrogen-bond acceptors (Lipinski definition) is 5. The fraction of sp³-hybridized carbons (Fsp3) is 0.667. The summed E-state index contributed by atoms with van der Waals surface area (Å²) in [6.07, 6.45) is 9.28. The van der Waals surface area contributed by atoms with Gasteiger partial charge in [-0.15, -0.1) is 0 Å². The van der Waals surface area contributed by atoms with Crippen molar-refractivity contribution in [2.75, 3.05) is 24.2 Å². The molecular formula is C12H19N3OS. The zero-order valence-corrected chi connectivity index (χ0v) is 11.0. The molecule has 0 amide bonds. The molecule has 1 atom stereocenters. The fourth-order valence-corrected chi connectivity index (χ4v) is 2.90. The van der Waals surface area contributed by atoms with Crippen LogP contribution in [0.25, 0.3) is 0 Å². The summed E-state index contributed by atoms with van der Waals surface area (Å²) in [6, 6.07) is 0. The van der Waals surface area contributed by atoms with Gasteiger partial charge in [0.1, 0.15) is 5.82 Å². The van der Waals surface area contributed by atoms with Crippen LogP contribution < -0.4 is 4.90 Å². The molecule has 0 aliphatic carbocycles. The number of nitrogens with zero attached hydrogens (tertiary/aromatic N) is 3. The molecule has 1 aliphatic heterocycles. The van der Waals surface area contributed by atoms with Gasteiger partial charge in [0.15, 0.2) is 0 Å². The van der Waals surface area contributed by atoms with E-state index in [0.29, 0.717) is 5.69 Å². The van der Waals surface area contributed by atoms with Crippen molar-refractivity contribution in [1.82, 2.24) is 9.97 Å². The molecule has 1 saturated heterocycles. The van der Waals surface area contributed by atoms with Crippen LogP contribution in [0.4, 0.5) is 5.82 Å². The number of thioether (sulfide) groups is 1. The molecule has 1 aliphatic rings. The van der Waals surface area contributed by atoms with Crippen LogP contribution in [-0.4, -0.2) is 39.7 Å². The molecule has 0 aromatic carbocycles. The van der Waals surface area contributed by atoms with Gasteiger partial charge >= 0.3 is 0 Å². The van der Waals surface area contributed by atoms with Crippen LogP contribution in [0.15, 0.2) is 12.4 Å². The molecule has 0 saturated carbocycles. The van der Waals surface area contributed by atoms with Gasteiger partial charge in [-0.25, -0.2) is 4.98 Å². The Morgan fingerprint density at radius 1 is 1.41 bits per heavy atom. The van der Waals surface area contributed by atoms with Gasteiger partial charge in [0, 0.05) is 18.3 Å². The molecule has 2 heterocycles. The molecule has 0 spiro atoms. The summed E-state index contributed by atoms with van der Waals surface area (Å²) >= 11 is 1.96. The van der Waals surface area contributed by atoms with E-state index in [4.69, 9.17) is 5.11 Å². The second kappa shape index (κ2) is 6.21. The maximum absolute atomic E-state index is 9.07. The van der Waals surface area contributed by atoms with E-state index >= 15 is 0 Å². The summed E-state index contributed by atoms with van der Waals surface area (Å²) in [5.41, 5.74) is 0.646. The van der Waals surface area contributed by atoms with Crippen LogP contribution >= 0.6 is 11.8 Å². The van der Waals surface area contributed by atoms with E-state index in [-0.39, 0.29) is 6.61 Å². The van der Waals surface area contributed by atoms with Crippen LogP contribution in [0, 0.1) is 0 Å². The maximum Gasteiger partial charge on any atom is 0.147 e. The van der Waals surface area contributed by atoms with Crippen LogP contribution in [0.1, 0.15) is 25.0 Å². The first kappa shape index (κ1) is 12.6. The Morgan fingerprint density at radius 3 is 3.06 bits per heavy atom. The van der Waals surface area contributed by atoms with E-state index in [2.05, 4.69) is 21.1 Å². The average Bonchev–Trinajstić information content (AvgIpc) is 2.64. The third-order valence-electron chi connectivity index (χ3n) is 3.17. The molecule has 4 nitrogen and oxygen atoms in total. The maximum atomic E-state index is 9.07. The lowest BCUT2D eigenvalue weighted by molar-refractivity contribution is 0.276. The average molecular weight is 253 g/mol. The number of anilines is 1. The van der Waals surface area contributed by atoms with E-state index < -0.39 is 0 Å². The van der Waals surface area contributed by atoms with E-state index in [1.807, 2.05) is 11.8 Å². The van der Waals surface area contributed by atoms with Gasteiger partial charge in [-0.3, -0.25) is 4.98 Å². The summed E-state index contributed by atoms with van der Waals surface area (Å²) in [5, 5.41) is 9.84. The highest BCUT2D eigenvalue weighted by molar-refractivity contribution is 7.99. The number of aliphatic hydroxyl groups excluding tert-OH is 1. The Balaban J connectivity index is 2.05. The zero-order chi connectivity index (χ0) is 12.1. The minimum atomic E-state index is -0.0396. The molecule has 1 aromatic rings. The molecule has 1 fully saturated rings. The van der Waals surface area contributed by atoms with Gasteiger partial charge in [-0.05, 0) is 25.5 Å². The van der Waals surface area contributed by atoms with Crippen LogP contribution in [-0.2, 0) is 6.61 Å². The molecule has 1 N–H and O–H groups in total. The topological polar surface area (TPSA) is 49.2 Å². The summed E-state index contributed by atoms with van der Waals surface area (Å²) in [5.74, 6) is 0.901. The zero-order valence-electron chi connectivity index (χ0n) is 10.2. The van der Waals surface area contributed by atoms with Gasteiger partial charge in [-0.2, -0.15) is 11.8 Å². The van der Waals surface area contributed by atoms with Gasteiger partial charge < -0.3 is 10.0 Å². The molecule has 1 unspecified atom stereocenters. The monoisotopic (exact) mass is 253 g/mol. The predicted octanol–water partition coefficient (Wildman–Crippen LogP) is 1.69. The molecular weight excluding hydrogens is 234 g/mol. The molecule has 17 heavy (non-hydrogen) atoms. The van der Waals surface area contributed by atoms with Gasteiger partial charge in [0.2, 0.25) is 0 Å². The third kappa shape index (κ3) is 3.33. The van der Waals surface area contributed by atoms with Gasteiger partial charge in [-0.1, -0.05) is 0 Å². The quantitative estimate of drug-likeness (QED) is 0.888. The van der Waals surface area contributed by atoms with Crippen molar-refractivity contribution in [3.05, 3.63) is 18.1 Å². The molecule has 2 rings (SSSR count). The van der Waals surface area contributed by atoms with Crippen molar-refractivity contribution >= 4 is 17.6 Å². The first-order valence-electron chi connectivity index (χ1n) is 6.03. The van der Waals surface area contributed by atoms with Crippen molar-refractivity contribution in [1.29, 1.82) is 0 Å². The summed E-state index contributed by atoms with van der Waals surface area (Å²) in [7, 11) is 0. The Hall–Kier alpha value is -0.810. The normalized spacial score (nSPS) is 21.3. The van der Waals surface area contributed by atoms with Crippen LogP contribution in [0.3, 0.4) is 0 Å². The predicted molar refractivity (Wildman–Crippen MR) is 71.3 cm³/mol. The van der Waals surface area contributed by atoms with E-state index in [1.54, 1.807) is 12.4 Å². The lowest BCUT2D eigenvalue weighted by atomic mass is 10.2. The van der Waals surface area contributed by atoms with Crippen molar-refractivity contribution in [3.8, 4) is 0 Å². The lowest BCUT2D eigenvalue weighted by Crippen LogP contribution is -2.25. The minimum Gasteiger partial charge on any atom is -0.390 e. The largest absolute Gasteiger partial charge is 0.390 e. The summed E-state index contributed by atoms with van der Waals surface area (Å²) in [6.45, 7) is 2.04. The highest BCUT2D eigenvalue weighted by Gasteiger charge is 2.17. The lowest BCUT2D eigenvalue weighted by Gasteiger charge is -2.21. The molecule has 0 radical (unpaired) electrons. The van der Waals surface area contributed by atoms with Crippen LogP contribution in [0.5, 0.6) is 0 Å². The van der Waals surface area contributed by atoms with Crippen molar-refractivity contribution < 1.29 is 5.11 Å². The van der Waals surface area contributed by atoms with E-state index in [1.165, 1.54) is 19.3 Å². The number of hydrogen-bond donors (Lipinski definition) is 1. The number of aliphatic hydroxyl groups is 1. The highest BCUT2D eigenvalue weighted by atomic mass is 32.2. The van der Waals surface area contributed by atoms with Crippen LogP contribution in [0.2, 0.25) is 0 Å². The summed E-state index contributed by atoms with van der Waals surface area (Å²) in [4.78, 5) is 10.8. The van der Waals surface area contributed by atoms with Crippen molar-refractivity contribution in [2.24, 2.45) is 0 Å². The fourth-order valence-electron chi connectivity index (χ4n) is 2.15. The SMILES string of the molecule is CSC1CCCN(c2cncc(CO)n2)CC1. The number of rotatable bonds is 3. The first-order valence-corrected chi connectivity index (χ1v) is 7.32. The molecule has 0 bridgehead atoms. The molecule has 5 heteroatoms. The second-order valence-corrected chi connectivity index (χ2v) is 5.44. The standard InChI is InChI=1S/C12H19N3OS/c1-17-11-3-2-5-15(6-4-11)12-8-13-7-10(9-16)14-12/h7-8,11,16H,2-6,9H2,1H3. The molecule has 1 aromatic heterocycles.